The molecule has 1 atom stereocenters. The van der Waals surface area contributed by atoms with Crippen molar-refractivity contribution in [2.45, 2.75) is 64.6 Å². The lowest BCUT2D eigenvalue weighted by Crippen LogP contribution is -2.51. The summed E-state index contributed by atoms with van der Waals surface area (Å²) in [5, 5.41) is 3.72. The van der Waals surface area contributed by atoms with Crippen LogP contribution in [-0.2, 0) is 4.74 Å². The molecule has 17 heavy (non-hydrogen) atoms. The Morgan fingerprint density at radius 1 is 1.29 bits per heavy atom. The van der Waals surface area contributed by atoms with Gasteiger partial charge in [0.1, 0.15) is 0 Å². The number of methoxy groups -OCH3 is 1. The zero-order valence-electron chi connectivity index (χ0n) is 12.3. The van der Waals surface area contributed by atoms with Crippen LogP contribution in [-0.4, -0.2) is 49.3 Å². The second kappa shape index (κ2) is 6.72. The summed E-state index contributed by atoms with van der Waals surface area (Å²) in [7, 11) is 1.77. The molecule has 1 saturated heterocycles. The fraction of sp³-hybridized carbons (Fsp3) is 1.00. The third kappa shape index (κ3) is 5.36. The molecule has 1 unspecified atom stereocenters. The normalized spacial score (nSPS) is 21.7. The Kier molecular flexibility index (Phi) is 5.90. The number of hydrogen-bond acceptors (Lipinski definition) is 3. The molecule has 1 fully saturated rings. The smallest absolute Gasteiger partial charge is 0.0476 e. The van der Waals surface area contributed by atoms with Crippen molar-refractivity contribution in [2.75, 3.05) is 26.8 Å². The van der Waals surface area contributed by atoms with Crippen molar-refractivity contribution in [1.82, 2.24) is 10.2 Å². The van der Waals surface area contributed by atoms with Gasteiger partial charge in [-0.05, 0) is 47.0 Å². The molecular weight excluding hydrogens is 212 g/mol. The Balaban J connectivity index is 2.23. The molecule has 3 nitrogen and oxygen atoms in total. The molecule has 0 bridgehead atoms. The minimum Gasteiger partial charge on any atom is -0.385 e. The van der Waals surface area contributed by atoms with E-state index in [1.165, 1.54) is 25.9 Å². The molecule has 1 aliphatic heterocycles. The lowest BCUT2D eigenvalue weighted by atomic mass is 9.97. The Hall–Kier alpha value is -0.120. The van der Waals surface area contributed by atoms with E-state index < -0.39 is 0 Å². The van der Waals surface area contributed by atoms with E-state index in [1.807, 2.05) is 0 Å². The quantitative estimate of drug-likeness (QED) is 0.800. The summed E-state index contributed by atoms with van der Waals surface area (Å²) >= 11 is 0. The maximum Gasteiger partial charge on any atom is 0.0476 e. The van der Waals surface area contributed by atoms with Crippen LogP contribution in [0.2, 0.25) is 0 Å². The molecule has 0 aromatic heterocycles. The highest BCUT2D eigenvalue weighted by molar-refractivity contribution is 4.85. The van der Waals surface area contributed by atoms with Gasteiger partial charge < -0.3 is 10.1 Å². The van der Waals surface area contributed by atoms with Crippen molar-refractivity contribution >= 4 is 0 Å². The summed E-state index contributed by atoms with van der Waals surface area (Å²) in [4.78, 5) is 2.59. The van der Waals surface area contributed by atoms with Crippen molar-refractivity contribution in [3.8, 4) is 0 Å². The molecule has 1 rings (SSSR count). The molecule has 0 aromatic rings. The molecule has 0 aliphatic carbocycles. The van der Waals surface area contributed by atoms with Gasteiger partial charge >= 0.3 is 0 Å². The predicted molar refractivity (Wildman–Crippen MR) is 73.4 cm³/mol. The maximum atomic E-state index is 5.12. The summed E-state index contributed by atoms with van der Waals surface area (Å²) in [6, 6.07) is 1.27. The number of hydrogen-bond donors (Lipinski definition) is 1. The van der Waals surface area contributed by atoms with Gasteiger partial charge in [0.15, 0.2) is 0 Å². The van der Waals surface area contributed by atoms with Gasteiger partial charge in [-0.2, -0.15) is 0 Å². The zero-order chi connectivity index (χ0) is 12.9. The Bertz CT molecular complexity index is 205. The van der Waals surface area contributed by atoms with Gasteiger partial charge in [0.25, 0.3) is 0 Å². The Morgan fingerprint density at radius 3 is 2.35 bits per heavy atom. The van der Waals surface area contributed by atoms with Crippen LogP contribution in [0.25, 0.3) is 0 Å². The van der Waals surface area contributed by atoms with Crippen molar-refractivity contribution in [2.24, 2.45) is 0 Å². The first-order valence-electron chi connectivity index (χ1n) is 6.93. The van der Waals surface area contributed by atoms with E-state index >= 15 is 0 Å². The minimum atomic E-state index is 0.326. The van der Waals surface area contributed by atoms with E-state index in [0.29, 0.717) is 17.6 Å². The number of piperidine rings is 1. The number of nitrogens with one attached hydrogen (secondary N) is 1. The van der Waals surface area contributed by atoms with E-state index in [9.17, 15) is 0 Å². The molecule has 0 radical (unpaired) electrons. The number of likely N-dealkylation sites (tertiary alicyclic amines) is 1. The van der Waals surface area contributed by atoms with Gasteiger partial charge in [-0.1, -0.05) is 0 Å². The molecule has 0 aromatic carbocycles. The largest absolute Gasteiger partial charge is 0.385 e. The van der Waals surface area contributed by atoms with Crippen LogP contribution in [0, 0.1) is 0 Å². The van der Waals surface area contributed by atoms with Gasteiger partial charge in [0.2, 0.25) is 0 Å². The standard InChI is InChI=1S/C14H30N2O/c1-12(8-11-17-5)15-13-6-9-16(10-7-13)14(2,3)4/h12-13,15H,6-11H2,1-5H3. The van der Waals surface area contributed by atoms with Crippen molar-refractivity contribution in [3.05, 3.63) is 0 Å². The van der Waals surface area contributed by atoms with Gasteiger partial charge in [-0.25, -0.2) is 0 Å². The van der Waals surface area contributed by atoms with E-state index in [0.717, 1.165) is 13.0 Å². The summed E-state index contributed by atoms with van der Waals surface area (Å²) < 4.78 is 5.12. The summed E-state index contributed by atoms with van der Waals surface area (Å²) in [5.74, 6) is 0. The molecule has 1 heterocycles. The molecule has 3 heteroatoms. The second-order valence-corrected chi connectivity index (χ2v) is 6.28. The molecule has 1 N–H and O–H groups in total. The molecular formula is C14H30N2O. The third-order valence-electron chi connectivity index (χ3n) is 3.72. The van der Waals surface area contributed by atoms with Crippen LogP contribution in [0.1, 0.15) is 47.0 Å². The van der Waals surface area contributed by atoms with Crippen LogP contribution in [0.5, 0.6) is 0 Å². The molecule has 0 amide bonds. The molecule has 1 aliphatic rings. The average molecular weight is 242 g/mol. The van der Waals surface area contributed by atoms with E-state index in [1.54, 1.807) is 7.11 Å². The molecule has 0 saturated carbocycles. The van der Waals surface area contributed by atoms with Crippen LogP contribution in [0.4, 0.5) is 0 Å². The number of nitrogens with zero attached hydrogens (tertiary/aromatic N) is 1. The Labute approximate surface area is 107 Å². The Morgan fingerprint density at radius 2 is 1.88 bits per heavy atom. The molecule has 0 spiro atoms. The summed E-state index contributed by atoms with van der Waals surface area (Å²) in [6.07, 6.45) is 3.65. The lowest BCUT2D eigenvalue weighted by molar-refractivity contribution is 0.0925. The highest BCUT2D eigenvalue weighted by Crippen LogP contribution is 2.20. The van der Waals surface area contributed by atoms with Crippen LogP contribution >= 0.6 is 0 Å². The van der Waals surface area contributed by atoms with Crippen LogP contribution in [0.3, 0.4) is 0 Å². The fourth-order valence-electron chi connectivity index (χ4n) is 2.50. The highest BCUT2D eigenvalue weighted by Gasteiger charge is 2.27. The lowest BCUT2D eigenvalue weighted by Gasteiger charge is -2.41. The fourth-order valence-corrected chi connectivity index (χ4v) is 2.50. The predicted octanol–water partition coefficient (Wildman–Crippen LogP) is 2.26. The monoisotopic (exact) mass is 242 g/mol. The summed E-state index contributed by atoms with van der Waals surface area (Å²) in [5.41, 5.74) is 0.326. The zero-order valence-corrected chi connectivity index (χ0v) is 12.3. The molecule has 102 valence electrons. The average Bonchev–Trinajstić information content (AvgIpc) is 2.26. The summed E-state index contributed by atoms with van der Waals surface area (Å²) in [6.45, 7) is 12.5. The highest BCUT2D eigenvalue weighted by atomic mass is 16.5. The minimum absolute atomic E-state index is 0.326. The van der Waals surface area contributed by atoms with Crippen LogP contribution < -0.4 is 5.32 Å². The first-order valence-corrected chi connectivity index (χ1v) is 6.93. The van der Waals surface area contributed by atoms with Crippen molar-refractivity contribution < 1.29 is 4.74 Å². The van der Waals surface area contributed by atoms with E-state index in [2.05, 4.69) is 37.9 Å². The first-order chi connectivity index (χ1) is 7.93. The maximum absolute atomic E-state index is 5.12. The van der Waals surface area contributed by atoms with Crippen molar-refractivity contribution in [1.29, 1.82) is 0 Å². The van der Waals surface area contributed by atoms with Gasteiger partial charge in [0.05, 0.1) is 0 Å². The first kappa shape index (κ1) is 14.9. The third-order valence-corrected chi connectivity index (χ3v) is 3.72. The van der Waals surface area contributed by atoms with E-state index in [-0.39, 0.29) is 0 Å². The second-order valence-electron chi connectivity index (χ2n) is 6.28. The number of rotatable bonds is 5. The SMILES string of the molecule is COCCC(C)NC1CCN(C(C)(C)C)CC1. The number of ether oxygens (including phenoxy) is 1. The van der Waals surface area contributed by atoms with Gasteiger partial charge in [-0.3, -0.25) is 4.90 Å². The van der Waals surface area contributed by atoms with Crippen LogP contribution in [0.15, 0.2) is 0 Å². The van der Waals surface area contributed by atoms with Crippen molar-refractivity contribution in [3.63, 3.8) is 0 Å². The van der Waals surface area contributed by atoms with Gasteiger partial charge in [0, 0.05) is 44.4 Å². The van der Waals surface area contributed by atoms with Gasteiger partial charge in [-0.15, -0.1) is 0 Å². The topological polar surface area (TPSA) is 24.5 Å². The van der Waals surface area contributed by atoms with E-state index in [4.69, 9.17) is 4.74 Å².